The number of hydrogen-bond donors (Lipinski definition) is 1. The Morgan fingerprint density at radius 3 is 1.35 bits per heavy atom. The smallest absolute Gasteiger partial charge is 0.462 e. The summed E-state index contributed by atoms with van der Waals surface area (Å²) in [6.45, 7) is 5.38. The minimum Gasteiger partial charge on any atom is -0.462 e. The summed E-state index contributed by atoms with van der Waals surface area (Å²) in [5, 5.41) is 0. The minimum atomic E-state index is -4.28. The molecule has 1 N–H and O–H groups in total. The Hall–Kier alpha value is -1.99. The molecule has 0 radical (unpaired) electrons. The molecule has 0 aromatic heterocycles. The Morgan fingerprint density at radius 1 is 0.491 bits per heavy atom. The third-order valence-electron chi connectivity index (χ3n) is 9.90. The molecule has 0 saturated heterocycles. The van der Waals surface area contributed by atoms with Crippen LogP contribution in [-0.2, 0) is 32.7 Å². The van der Waals surface area contributed by atoms with E-state index in [1.165, 1.54) is 109 Å². The van der Waals surface area contributed by atoms with Gasteiger partial charge in [0.1, 0.15) is 6.61 Å². The fraction of sp³-hybridized carbons (Fsp3) is 0.792. The lowest BCUT2D eigenvalue weighted by molar-refractivity contribution is -0.161. The summed E-state index contributed by atoms with van der Waals surface area (Å²) >= 11 is 0. The standard InChI is InChI=1S/C48H87O8P/c1-4-7-9-11-13-15-17-19-21-23-24-25-26-27-29-31-33-35-37-39-41-43-48(50)56-46(45-55-57(51,52)54-6-3)44-53-47(49)42-40-38-36-34-32-30-28-22-20-18-16-14-12-10-8-5-2/h7,9,13,15,19,21,24-25,46H,4-6,8,10-12,14,16-18,20,22-23,26-45H2,1-3H3,(H,51,52)/b9-7-,15-13-,21-19-,25-24-. The Balaban J connectivity index is 4.04. The van der Waals surface area contributed by atoms with Crippen molar-refractivity contribution in [1.82, 2.24) is 0 Å². The minimum absolute atomic E-state index is 0.00143. The molecule has 8 nitrogen and oxygen atoms in total. The predicted molar refractivity (Wildman–Crippen MR) is 239 cm³/mol. The first-order chi connectivity index (χ1) is 27.8. The van der Waals surface area contributed by atoms with Gasteiger partial charge in [0.2, 0.25) is 0 Å². The van der Waals surface area contributed by atoms with Crippen molar-refractivity contribution < 1.29 is 37.6 Å². The molecule has 0 fully saturated rings. The van der Waals surface area contributed by atoms with E-state index < -0.39 is 26.5 Å². The highest BCUT2D eigenvalue weighted by Crippen LogP contribution is 2.43. The molecule has 0 aliphatic rings. The van der Waals surface area contributed by atoms with Gasteiger partial charge in [0.25, 0.3) is 0 Å². The van der Waals surface area contributed by atoms with E-state index >= 15 is 0 Å². The Morgan fingerprint density at radius 2 is 0.895 bits per heavy atom. The quantitative estimate of drug-likeness (QED) is 0.0280. The average Bonchev–Trinajstić information content (AvgIpc) is 3.19. The lowest BCUT2D eigenvalue weighted by atomic mass is 10.0. The number of esters is 2. The molecule has 0 amide bonds. The molecular formula is C48H87O8P. The molecule has 0 rings (SSSR count). The van der Waals surface area contributed by atoms with Crippen molar-refractivity contribution >= 4 is 19.8 Å². The molecular weight excluding hydrogens is 735 g/mol. The van der Waals surface area contributed by atoms with Crippen LogP contribution in [0.5, 0.6) is 0 Å². The molecule has 0 spiro atoms. The molecule has 0 aromatic rings. The van der Waals surface area contributed by atoms with Gasteiger partial charge in [-0.25, -0.2) is 4.57 Å². The van der Waals surface area contributed by atoms with Crippen LogP contribution in [0, 0.1) is 0 Å². The van der Waals surface area contributed by atoms with Crippen molar-refractivity contribution in [3.8, 4) is 0 Å². The summed E-state index contributed by atoms with van der Waals surface area (Å²) in [6.07, 6.45) is 51.6. The fourth-order valence-electron chi connectivity index (χ4n) is 6.50. The zero-order valence-corrected chi connectivity index (χ0v) is 37.9. The van der Waals surface area contributed by atoms with Gasteiger partial charge >= 0.3 is 19.8 Å². The molecule has 0 aliphatic carbocycles. The van der Waals surface area contributed by atoms with Crippen LogP contribution in [0.15, 0.2) is 48.6 Å². The summed E-state index contributed by atoms with van der Waals surface area (Å²) in [4.78, 5) is 34.8. The number of unbranched alkanes of at least 4 members (excludes halogenated alkanes) is 23. The second-order valence-corrected chi connectivity index (χ2v) is 16.9. The second-order valence-electron chi connectivity index (χ2n) is 15.4. The highest BCUT2D eigenvalue weighted by molar-refractivity contribution is 7.47. The number of carbonyl (C=O) groups is 2. The summed E-state index contributed by atoms with van der Waals surface area (Å²) in [5.41, 5.74) is 0. The van der Waals surface area contributed by atoms with Crippen LogP contribution in [0.25, 0.3) is 0 Å². The third kappa shape index (κ3) is 43.4. The normalized spacial score (nSPS) is 13.7. The zero-order valence-electron chi connectivity index (χ0n) is 37.0. The second kappa shape index (κ2) is 43.6. The lowest BCUT2D eigenvalue weighted by Crippen LogP contribution is -2.29. The number of phosphoric acid groups is 1. The van der Waals surface area contributed by atoms with Crippen LogP contribution in [0.2, 0.25) is 0 Å². The molecule has 2 atom stereocenters. The van der Waals surface area contributed by atoms with Crippen molar-refractivity contribution in [3.63, 3.8) is 0 Å². The maximum atomic E-state index is 12.6. The van der Waals surface area contributed by atoms with Crippen LogP contribution in [0.3, 0.4) is 0 Å². The molecule has 0 heterocycles. The van der Waals surface area contributed by atoms with Crippen molar-refractivity contribution in [3.05, 3.63) is 48.6 Å². The number of carbonyl (C=O) groups excluding carboxylic acids is 2. The van der Waals surface area contributed by atoms with Crippen molar-refractivity contribution in [2.75, 3.05) is 19.8 Å². The van der Waals surface area contributed by atoms with E-state index in [4.69, 9.17) is 18.5 Å². The summed E-state index contributed by atoms with van der Waals surface area (Å²) in [7, 11) is -4.28. The van der Waals surface area contributed by atoms with Crippen molar-refractivity contribution in [1.29, 1.82) is 0 Å². The van der Waals surface area contributed by atoms with Gasteiger partial charge in [0, 0.05) is 12.8 Å². The van der Waals surface area contributed by atoms with E-state index in [2.05, 4.69) is 62.5 Å². The average molecular weight is 823 g/mol. The van der Waals surface area contributed by atoms with E-state index in [1.807, 2.05) is 0 Å². The molecule has 0 saturated carbocycles. The molecule has 0 aliphatic heterocycles. The fourth-order valence-corrected chi connectivity index (χ4v) is 7.26. The van der Waals surface area contributed by atoms with Gasteiger partial charge in [0.05, 0.1) is 13.2 Å². The van der Waals surface area contributed by atoms with Crippen LogP contribution >= 0.6 is 7.82 Å². The largest absolute Gasteiger partial charge is 0.472 e. The lowest BCUT2D eigenvalue weighted by Gasteiger charge is -2.19. The first kappa shape index (κ1) is 55.0. The summed E-state index contributed by atoms with van der Waals surface area (Å²) in [5.74, 6) is -0.800. The van der Waals surface area contributed by atoms with Gasteiger partial charge in [-0.3, -0.25) is 18.6 Å². The highest BCUT2D eigenvalue weighted by atomic mass is 31.2. The molecule has 332 valence electrons. The molecule has 0 bridgehead atoms. The van der Waals surface area contributed by atoms with Crippen LogP contribution in [0.1, 0.15) is 220 Å². The summed E-state index contributed by atoms with van der Waals surface area (Å²) < 4.78 is 32.7. The van der Waals surface area contributed by atoms with Crippen molar-refractivity contribution in [2.45, 2.75) is 226 Å². The number of allylic oxidation sites excluding steroid dienone is 8. The Kier molecular flexibility index (Phi) is 42.1. The maximum absolute atomic E-state index is 12.6. The predicted octanol–water partition coefficient (Wildman–Crippen LogP) is 15.0. The first-order valence-electron chi connectivity index (χ1n) is 23.4. The number of phosphoric ester groups is 1. The van der Waals surface area contributed by atoms with Crippen LogP contribution in [0.4, 0.5) is 0 Å². The van der Waals surface area contributed by atoms with Gasteiger partial charge < -0.3 is 14.4 Å². The Labute approximate surface area is 350 Å². The maximum Gasteiger partial charge on any atom is 0.472 e. The SMILES string of the molecule is CC/C=C\C/C=C\C/C=C\C/C=C\CCCCCCCCCCC(=O)OC(COC(=O)CCCCCCCCCCCCCCCCCC)COP(=O)(O)OCC. The van der Waals surface area contributed by atoms with E-state index in [-0.39, 0.29) is 25.6 Å². The summed E-state index contributed by atoms with van der Waals surface area (Å²) in [6, 6.07) is 0. The highest BCUT2D eigenvalue weighted by Gasteiger charge is 2.25. The van der Waals surface area contributed by atoms with Gasteiger partial charge in [-0.05, 0) is 58.3 Å². The van der Waals surface area contributed by atoms with E-state index in [9.17, 15) is 19.0 Å². The van der Waals surface area contributed by atoms with Gasteiger partial charge in [0.15, 0.2) is 6.10 Å². The Bertz CT molecular complexity index is 1070. The number of ether oxygens (including phenoxy) is 2. The topological polar surface area (TPSA) is 108 Å². The molecule has 57 heavy (non-hydrogen) atoms. The van der Waals surface area contributed by atoms with E-state index in [0.717, 1.165) is 70.6 Å². The monoisotopic (exact) mass is 823 g/mol. The van der Waals surface area contributed by atoms with Gasteiger partial charge in [-0.2, -0.15) is 0 Å². The first-order valence-corrected chi connectivity index (χ1v) is 24.9. The van der Waals surface area contributed by atoms with Gasteiger partial charge in [-0.1, -0.05) is 197 Å². The third-order valence-corrected chi connectivity index (χ3v) is 11.0. The van der Waals surface area contributed by atoms with Gasteiger partial charge in [-0.15, -0.1) is 0 Å². The number of rotatable bonds is 43. The van der Waals surface area contributed by atoms with E-state index in [0.29, 0.717) is 12.8 Å². The molecule has 2 unspecified atom stereocenters. The van der Waals surface area contributed by atoms with Crippen LogP contribution in [-0.4, -0.2) is 42.8 Å². The van der Waals surface area contributed by atoms with Crippen LogP contribution < -0.4 is 0 Å². The number of hydrogen-bond acceptors (Lipinski definition) is 7. The van der Waals surface area contributed by atoms with E-state index in [1.54, 1.807) is 6.92 Å². The molecule has 9 heteroatoms. The van der Waals surface area contributed by atoms with Crippen molar-refractivity contribution in [2.24, 2.45) is 0 Å². The molecule has 0 aromatic carbocycles. The zero-order chi connectivity index (χ0) is 41.8.